The normalized spacial score (nSPS) is 10.4. The summed E-state index contributed by atoms with van der Waals surface area (Å²) < 4.78 is 18.6. The third kappa shape index (κ3) is 4.09. The topological polar surface area (TPSA) is 55.6 Å². The van der Waals surface area contributed by atoms with Gasteiger partial charge in [-0.05, 0) is 25.1 Å². The van der Waals surface area contributed by atoms with E-state index in [0.29, 0.717) is 31.8 Å². The summed E-state index contributed by atoms with van der Waals surface area (Å²) in [6.07, 6.45) is 0.864. The quantitative estimate of drug-likeness (QED) is 0.803. The minimum absolute atomic E-state index is 0.157. The molecule has 0 aromatic heterocycles. The van der Waals surface area contributed by atoms with Gasteiger partial charge in [0.15, 0.2) is 0 Å². The Bertz CT molecular complexity index is 385. The van der Waals surface area contributed by atoms with Gasteiger partial charge in [-0.15, -0.1) is 0 Å². The molecule has 0 unspecified atom stereocenters. The summed E-state index contributed by atoms with van der Waals surface area (Å²) in [6.45, 7) is 1.20. The van der Waals surface area contributed by atoms with Crippen LogP contribution >= 0.6 is 0 Å². The van der Waals surface area contributed by atoms with Gasteiger partial charge < -0.3 is 15.4 Å². The number of halogens is 1. The number of ether oxygens (including phenoxy) is 1. The molecule has 1 rings (SSSR count). The molecule has 1 amide bonds. The molecule has 0 atom stereocenters. The van der Waals surface area contributed by atoms with Crippen LogP contribution in [0.1, 0.15) is 12.8 Å². The van der Waals surface area contributed by atoms with Gasteiger partial charge in [0, 0.05) is 13.7 Å². The number of carbonyl (C=O) groups is 1. The van der Waals surface area contributed by atoms with Gasteiger partial charge in [0.1, 0.15) is 5.82 Å². The fraction of sp³-hybridized carbons (Fsp3) is 0.462. The van der Waals surface area contributed by atoms with Gasteiger partial charge in [-0.3, -0.25) is 4.79 Å². The van der Waals surface area contributed by atoms with E-state index in [1.54, 1.807) is 18.2 Å². The molecule has 0 saturated heterocycles. The van der Waals surface area contributed by atoms with Gasteiger partial charge >= 0.3 is 0 Å². The fourth-order valence-corrected chi connectivity index (χ4v) is 1.62. The maximum atomic E-state index is 13.7. The number of nitrogens with zero attached hydrogens (tertiary/aromatic N) is 1. The van der Waals surface area contributed by atoms with Crippen LogP contribution in [-0.4, -0.2) is 32.7 Å². The highest BCUT2D eigenvalue weighted by molar-refractivity contribution is 5.93. The van der Waals surface area contributed by atoms with E-state index in [1.807, 2.05) is 0 Å². The van der Waals surface area contributed by atoms with Crippen molar-refractivity contribution >= 4 is 11.6 Å². The van der Waals surface area contributed by atoms with E-state index in [1.165, 1.54) is 18.1 Å². The zero-order valence-electron chi connectivity index (χ0n) is 10.6. The smallest absolute Gasteiger partial charge is 0.229 e. The average Bonchev–Trinajstić information content (AvgIpc) is 2.38. The van der Waals surface area contributed by atoms with Crippen molar-refractivity contribution in [2.75, 3.05) is 31.7 Å². The largest absolute Gasteiger partial charge is 0.384 e. The van der Waals surface area contributed by atoms with Crippen molar-refractivity contribution in [3.8, 4) is 0 Å². The lowest BCUT2D eigenvalue weighted by atomic mass is 10.2. The second-order valence-corrected chi connectivity index (χ2v) is 3.88. The first-order chi connectivity index (χ1) is 8.70. The SMILES string of the molecule is COCCC(=O)N(CCCN)c1ccccc1F. The minimum Gasteiger partial charge on any atom is -0.384 e. The molecule has 0 saturated carbocycles. The Hall–Kier alpha value is -1.46. The van der Waals surface area contributed by atoms with Crippen molar-refractivity contribution in [1.29, 1.82) is 0 Å². The van der Waals surface area contributed by atoms with Crippen LogP contribution in [-0.2, 0) is 9.53 Å². The Kier molecular flexibility index (Phi) is 6.32. The van der Waals surface area contributed by atoms with Crippen molar-refractivity contribution in [2.45, 2.75) is 12.8 Å². The maximum Gasteiger partial charge on any atom is 0.229 e. The van der Waals surface area contributed by atoms with Gasteiger partial charge in [0.05, 0.1) is 18.7 Å². The molecule has 0 spiro atoms. The molecule has 0 aliphatic heterocycles. The first kappa shape index (κ1) is 14.6. The zero-order valence-corrected chi connectivity index (χ0v) is 10.6. The molecule has 1 aromatic rings. The summed E-state index contributed by atoms with van der Waals surface area (Å²) in [5, 5.41) is 0. The highest BCUT2D eigenvalue weighted by Gasteiger charge is 2.17. The Balaban J connectivity index is 2.83. The van der Waals surface area contributed by atoms with E-state index < -0.39 is 5.82 Å². The van der Waals surface area contributed by atoms with Crippen molar-refractivity contribution < 1.29 is 13.9 Å². The van der Waals surface area contributed by atoms with E-state index in [9.17, 15) is 9.18 Å². The average molecular weight is 254 g/mol. The number of anilines is 1. The molecule has 100 valence electrons. The van der Waals surface area contributed by atoms with Crippen LogP contribution < -0.4 is 10.6 Å². The van der Waals surface area contributed by atoms with Crippen LogP contribution in [0.15, 0.2) is 24.3 Å². The van der Waals surface area contributed by atoms with Crippen LogP contribution in [0.25, 0.3) is 0 Å². The number of para-hydroxylation sites is 1. The second kappa shape index (κ2) is 7.79. The van der Waals surface area contributed by atoms with Gasteiger partial charge in [0.2, 0.25) is 5.91 Å². The summed E-state index contributed by atoms with van der Waals surface area (Å²) in [6, 6.07) is 6.24. The van der Waals surface area contributed by atoms with Crippen LogP contribution in [0.3, 0.4) is 0 Å². The molecular formula is C13H19FN2O2. The lowest BCUT2D eigenvalue weighted by Crippen LogP contribution is -2.34. The molecule has 0 radical (unpaired) electrons. The highest BCUT2D eigenvalue weighted by Crippen LogP contribution is 2.19. The molecule has 0 aliphatic rings. The summed E-state index contributed by atoms with van der Waals surface area (Å²) in [5.74, 6) is -0.560. The van der Waals surface area contributed by atoms with E-state index in [-0.39, 0.29) is 12.3 Å². The Labute approximate surface area is 107 Å². The number of hydrogen-bond donors (Lipinski definition) is 1. The van der Waals surface area contributed by atoms with E-state index >= 15 is 0 Å². The molecule has 4 nitrogen and oxygen atoms in total. The van der Waals surface area contributed by atoms with E-state index in [4.69, 9.17) is 10.5 Å². The monoisotopic (exact) mass is 254 g/mol. The van der Waals surface area contributed by atoms with Crippen molar-refractivity contribution in [1.82, 2.24) is 0 Å². The summed E-state index contributed by atoms with van der Waals surface area (Å²) in [5.41, 5.74) is 5.74. The van der Waals surface area contributed by atoms with Crippen molar-refractivity contribution in [2.24, 2.45) is 5.73 Å². The summed E-state index contributed by atoms with van der Waals surface area (Å²) in [4.78, 5) is 13.4. The van der Waals surface area contributed by atoms with E-state index in [2.05, 4.69) is 0 Å². The minimum atomic E-state index is -0.403. The molecule has 2 N–H and O–H groups in total. The number of amides is 1. The van der Waals surface area contributed by atoms with Crippen LogP contribution in [0, 0.1) is 5.82 Å². The molecule has 1 aromatic carbocycles. The highest BCUT2D eigenvalue weighted by atomic mass is 19.1. The molecule has 0 fully saturated rings. The predicted octanol–water partition coefficient (Wildman–Crippen LogP) is 1.54. The molecule has 0 bridgehead atoms. The summed E-state index contributed by atoms with van der Waals surface area (Å²) in [7, 11) is 1.53. The fourth-order valence-electron chi connectivity index (χ4n) is 1.62. The van der Waals surface area contributed by atoms with E-state index in [0.717, 1.165) is 0 Å². The van der Waals surface area contributed by atoms with Gasteiger partial charge in [-0.1, -0.05) is 12.1 Å². The Morgan fingerprint density at radius 1 is 1.44 bits per heavy atom. The summed E-state index contributed by atoms with van der Waals surface area (Å²) >= 11 is 0. The lowest BCUT2D eigenvalue weighted by molar-refractivity contribution is -0.119. The van der Waals surface area contributed by atoms with Gasteiger partial charge in [0.25, 0.3) is 0 Å². The molecule has 18 heavy (non-hydrogen) atoms. The number of hydrogen-bond acceptors (Lipinski definition) is 3. The molecular weight excluding hydrogens is 235 g/mol. The second-order valence-electron chi connectivity index (χ2n) is 3.88. The maximum absolute atomic E-state index is 13.7. The number of carbonyl (C=O) groups excluding carboxylic acids is 1. The molecule has 5 heteroatoms. The van der Waals surface area contributed by atoms with Gasteiger partial charge in [-0.25, -0.2) is 4.39 Å². The van der Waals surface area contributed by atoms with Crippen LogP contribution in [0.5, 0.6) is 0 Å². The van der Waals surface area contributed by atoms with Crippen molar-refractivity contribution in [3.63, 3.8) is 0 Å². The third-order valence-electron chi connectivity index (χ3n) is 2.55. The number of methoxy groups -OCH3 is 1. The number of nitrogens with two attached hydrogens (primary N) is 1. The number of rotatable bonds is 7. The third-order valence-corrected chi connectivity index (χ3v) is 2.55. The Morgan fingerprint density at radius 2 is 2.17 bits per heavy atom. The lowest BCUT2D eigenvalue weighted by Gasteiger charge is -2.23. The van der Waals surface area contributed by atoms with Crippen LogP contribution in [0.2, 0.25) is 0 Å². The zero-order chi connectivity index (χ0) is 13.4. The number of benzene rings is 1. The van der Waals surface area contributed by atoms with Gasteiger partial charge in [-0.2, -0.15) is 0 Å². The van der Waals surface area contributed by atoms with Crippen molar-refractivity contribution in [3.05, 3.63) is 30.1 Å². The standard InChI is InChI=1S/C13H19FN2O2/c1-18-10-7-13(17)16(9-4-8-15)12-6-3-2-5-11(12)14/h2-3,5-6H,4,7-10,15H2,1H3. The Morgan fingerprint density at radius 3 is 2.78 bits per heavy atom. The molecule has 0 heterocycles. The first-order valence-electron chi connectivity index (χ1n) is 5.94. The predicted molar refractivity (Wildman–Crippen MR) is 68.9 cm³/mol. The first-order valence-corrected chi connectivity index (χ1v) is 5.94. The molecule has 0 aliphatic carbocycles. The van der Waals surface area contributed by atoms with Crippen LogP contribution in [0.4, 0.5) is 10.1 Å².